The van der Waals surface area contributed by atoms with Gasteiger partial charge in [0.05, 0.1) is 19.6 Å². The van der Waals surface area contributed by atoms with E-state index in [0.29, 0.717) is 36.4 Å². The standard InChI is InChI=1S/C22H22ClN3O3/c1-2-28-19-11-3-15(4-12-19)13-21(27)26(18-9-10-18)14-20-24-25-22(29-20)16-5-7-17(23)8-6-16/h3-8,11-12,18H,2,9-10,13-14H2,1H3. The van der Waals surface area contributed by atoms with E-state index in [1.165, 1.54) is 0 Å². The maximum absolute atomic E-state index is 12.9. The number of carbonyl (C=O) groups is 1. The summed E-state index contributed by atoms with van der Waals surface area (Å²) >= 11 is 5.92. The summed E-state index contributed by atoms with van der Waals surface area (Å²) in [5.41, 5.74) is 1.75. The monoisotopic (exact) mass is 411 g/mol. The fourth-order valence-corrected chi connectivity index (χ4v) is 3.25. The third kappa shape index (κ3) is 4.95. The molecule has 0 unspecified atom stereocenters. The fraction of sp³-hybridized carbons (Fsp3) is 0.318. The van der Waals surface area contributed by atoms with Gasteiger partial charge in [0.15, 0.2) is 0 Å². The average molecular weight is 412 g/mol. The van der Waals surface area contributed by atoms with Gasteiger partial charge in [0.2, 0.25) is 17.7 Å². The summed E-state index contributed by atoms with van der Waals surface area (Å²) in [6, 6.07) is 15.1. The zero-order valence-electron chi connectivity index (χ0n) is 16.2. The number of amides is 1. The van der Waals surface area contributed by atoms with Gasteiger partial charge in [0, 0.05) is 16.6 Å². The number of halogens is 1. The number of carbonyl (C=O) groups excluding carboxylic acids is 1. The Morgan fingerprint density at radius 3 is 2.52 bits per heavy atom. The zero-order valence-corrected chi connectivity index (χ0v) is 16.9. The second kappa shape index (κ2) is 8.66. The van der Waals surface area contributed by atoms with E-state index >= 15 is 0 Å². The molecule has 4 rings (SSSR count). The second-order valence-corrected chi connectivity index (χ2v) is 7.45. The largest absolute Gasteiger partial charge is 0.494 e. The molecule has 1 aliphatic rings. The minimum Gasteiger partial charge on any atom is -0.494 e. The molecule has 29 heavy (non-hydrogen) atoms. The van der Waals surface area contributed by atoms with Crippen LogP contribution in [0.2, 0.25) is 5.02 Å². The summed E-state index contributed by atoms with van der Waals surface area (Å²) in [6.07, 6.45) is 2.35. The van der Waals surface area contributed by atoms with Gasteiger partial charge in [-0.25, -0.2) is 0 Å². The summed E-state index contributed by atoms with van der Waals surface area (Å²) in [5, 5.41) is 8.88. The van der Waals surface area contributed by atoms with E-state index in [9.17, 15) is 4.79 Å². The molecule has 3 aromatic rings. The molecule has 150 valence electrons. The lowest BCUT2D eigenvalue weighted by Crippen LogP contribution is -2.33. The average Bonchev–Trinajstić information content (AvgIpc) is 3.46. The van der Waals surface area contributed by atoms with Crippen LogP contribution in [-0.4, -0.2) is 33.7 Å². The van der Waals surface area contributed by atoms with E-state index < -0.39 is 0 Å². The minimum atomic E-state index is 0.0582. The molecule has 2 aromatic carbocycles. The van der Waals surface area contributed by atoms with Crippen LogP contribution >= 0.6 is 11.6 Å². The highest BCUT2D eigenvalue weighted by atomic mass is 35.5. The Balaban J connectivity index is 1.43. The molecule has 0 saturated heterocycles. The van der Waals surface area contributed by atoms with Crippen molar-refractivity contribution in [2.45, 2.75) is 38.8 Å². The van der Waals surface area contributed by atoms with E-state index in [0.717, 1.165) is 29.7 Å². The van der Waals surface area contributed by atoms with Crippen molar-refractivity contribution in [3.63, 3.8) is 0 Å². The van der Waals surface area contributed by atoms with Crippen LogP contribution in [0.3, 0.4) is 0 Å². The lowest BCUT2D eigenvalue weighted by molar-refractivity contribution is -0.132. The summed E-state index contributed by atoms with van der Waals surface area (Å²) in [4.78, 5) is 14.8. The highest BCUT2D eigenvalue weighted by molar-refractivity contribution is 6.30. The Labute approximate surface area is 174 Å². The number of aromatic nitrogens is 2. The first-order chi connectivity index (χ1) is 14.1. The maximum Gasteiger partial charge on any atom is 0.247 e. The molecule has 1 aromatic heterocycles. The number of rotatable bonds is 8. The van der Waals surface area contributed by atoms with Crippen molar-refractivity contribution in [2.75, 3.05) is 6.61 Å². The first-order valence-electron chi connectivity index (χ1n) is 9.72. The Hall–Kier alpha value is -2.86. The highest BCUT2D eigenvalue weighted by Crippen LogP contribution is 2.29. The molecular formula is C22H22ClN3O3. The normalized spacial score (nSPS) is 13.3. The number of benzene rings is 2. The summed E-state index contributed by atoms with van der Waals surface area (Å²) < 4.78 is 11.2. The van der Waals surface area contributed by atoms with Crippen molar-refractivity contribution in [3.05, 3.63) is 65.0 Å². The summed E-state index contributed by atoms with van der Waals surface area (Å²) in [6.45, 7) is 2.89. The van der Waals surface area contributed by atoms with Crippen LogP contribution in [0.4, 0.5) is 0 Å². The Morgan fingerprint density at radius 1 is 1.14 bits per heavy atom. The van der Waals surface area contributed by atoms with Crippen LogP contribution in [0.5, 0.6) is 5.75 Å². The third-order valence-corrected chi connectivity index (χ3v) is 5.01. The van der Waals surface area contributed by atoms with Gasteiger partial charge in [-0.05, 0) is 61.7 Å². The minimum absolute atomic E-state index is 0.0582. The van der Waals surface area contributed by atoms with Gasteiger partial charge in [0.1, 0.15) is 5.75 Å². The zero-order chi connectivity index (χ0) is 20.2. The fourth-order valence-electron chi connectivity index (χ4n) is 3.13. The quantitative estimate of drug-likeness (QED) is 0.545. The molecule has 0 N–H and O–H groups in total. The van der Waals surface area contributed by atoms with E-state index in [1.807, 2.05) is 48.2 Å². The van der Waals surface area contributed by atoms with Gasteiger partial charge in [0.25, 0.3) is 0 Å². The lowest BCUT2D eigenvalue weighted by Gasteiger charge is -2.20. The van der Waals surface area contributed by atoms with E-state index in [-0.39, 0.29) is 11.9 Å². The molecule has 1 saturated carbocycles. The van der Waals surface area contributed by atoms with E-state index in [2.05, 4.69) is 10.2 Å². The van der Waals surface area contributed by atoms with Crippen LogP contribution < -0.4 is 4.74 Å². The van der Waals surface area contributed by atoms with Crippen molar-refractivity contribution in [3.8, 4) is 17.2 Å². The molecule has 1 aliphatic carbocycles. The molecule has 1 amide bonds. The third-order valence-electron chi connectivity index (χ3n) is 4.76. The number of nitrogens with zero attached hydrogens (tertiary/aromatic N) is 3. The van der Waals surface area contributed by atoms with E-state index in [4.69, 9.17) is 20.8 Å². The van der Waals surface area contributed by atoms with Crippen molar-refractivity contribution in [1.82, 2.24) is 15.1 Å². The van der Waals surface area contributed by atoms with Crippen LogP contribution in [0.1, 0.15) is 31.2 Å². The summed E-state index contributed by atoms with van der Waals surface area (Å²) in [5.74, 6) is 1.72. The van der Waals surface area contributed by atoms with Crippen molar-refractivity contribution >= 4 is 17.5 Å². The van der Waals surface area contributed by atoms with Gasteiger partial charge in [-0.2, -0.15) is 0 Å². The Bertz CT molecular complexity index is 966. The van der Waals surface area contributed by atoms with Crippen molar-refractivity contribution < 1.29 is 13.9 Å². The van der Waals surface area contributed by atoms with Gasteiger partial charge in [-0.3, -0.25) is 4.79 Å². The molecule has 1 fully saturated rings. The van der Waals surface area contributed by atoms with Gasteiger partial charge in [-0.1, -0.05) is 23.7 Å². The number of hydrogen-bond acceptors (Lipinski definition) is 5. The smallest absolute Gasteiger partial charge is 0.247 e. The highest BCUT2D eigenvalue weighted by Gasteiger charge is 2.33. The summed E-state index contributed by atoms with van der Waals surface area (Å²) in [7, 11) is 0. The van der Waals surface area contributed by atoms with Crippen LogP contribution in [0.15, 0.2) is 52.9 Å². The van der Waals surface area contributed by atoms with Crippen LogP contribution in [0, 0.1) is 0 Å². The molecule has 0 atom stereocenters. The number of hydrogen-bond donors (Lipinski definition) is 0. The van der Waals surface area contributed by atoms with Gasteiger partial charge >= 0.3 is 0 Å². The molecule has 0 spiro atoms. The van der Waals surface area contributed by atoms with Crippen molar-refractivity contribution in [1.29, 1.82) is 0 Å². The first kappa shape index (κ1) is 19.5. The molecule has 0 bridgehead atoms. The Kier molecular flexibility index (Phi) is 5.81. The van der Waals surface area contributed by atoms with Crippen molar-refractivity contribution in [2.24, 2.45) is 0 Å². The van der Waals surface area contributed by atoms with Crippen LogP contribution in [0.25, 0.3) is 11.5 Å². The SMILES string of the molecule is CCOc1ccc(CC(=O)N(Cc2nnc(-c3ccc(Cl)cc3)o2)C2CC2)cc1. The predicted molar refractivity (Wildman–Crippen MR) is 110 cm³/mol. The van der Waals surface area contributed by atoms with Gasteiger partial charge in [-0.15, -0.1) is 10.2 Å². The first-order valence-corrected chi connectivity index (χ1v) is 10.1. The van der Waals surface area contributed by atoms with Crippen LogP contribution in [-0.2, 0) is 17.8 Å². The lowest BCUT2D eigenvalue weighted by atomic mass is 10.1. The topological polar surface area (TPSA) is 68.5 Å². The molecule has 0 radical (unpaired) electrons. The number of ether oxygens (including phenoxy) is 1. The molecule has 6 nitrogen and oxygen atoms in total. The van der Waals surface area contributed by atoms with E-state index in [1.54, 1.807) is 12.1 Å². The molecule has 0 aliphatic heterocycles. The second-order valence-electron chi connectivity index (χ2n) is 7.01. The maximum atomic E-state index is 12.9. The molecular weight excluding hydrogens is 390 g/mol. The van der Waals surface area contributed by atoms with Gasteiger partial charge < -0.3 is 14.1 Å². The Morgan fingerprint density at radius 2 is 1.86 bits per heavy atom. The predicted octanol–water partition coefficient (Wildman–Crippen LogP) is 4.52. The molecule has 7 heteroatoms. The molecule has 1 heterocycles.